The number of hydrogen-bond donors (Lipinski definition) is 0. The summed E-state index contributed by atoms with van der Waals surface area (Å²) in [6.45, 7) is 6.58. The van der Waals surface area contributed by atoms with Crippen LogP contribution in [0.5, 0.6) is 0 Å². The Morgan fingerprint density at radius 1 is 1.19 bits per heavy atom. The van der Waals surface area contributed by atoms with Crippen LogP contribution in [0.15, 0.2) is 28.8 Å². The summed E-state index contributed by atoms with van der Waals surface area (Å²) in [6, 6.07) is 4.85. The fourth-order valence-electron chi connectivity index (χ4n) is 2.82. The van der Waals surface area contributed by atoms with Crippen LogP contribution < -0.4 is 0 Å². The monoisotopic (exact) mass is 367 g/mol. The molecule has 26 heavy (non-hydrogen) atoms. The molecule has 0 spiro atoms. The molecule has 0 N–H and O–H groups in total. The Labute approximate surface area is 149 Å². The zero-order valence-electron chi connectivity index (χ0n) is 14.8. The number of carbonyl (C=O) groups excluding carboxylic acids is 1. The van der Waals surface area contributed by atoms with Crippen molar-refractivity contribution in [1.29, 1.82) is 0 Å². The van der Waals surface area contributed by atoms with Crippen LogP contribution >= 0.6 is 0 Å². The lowest BCUT2D eigenvalue weighted by molar-refractivity contribution is -0.137. The van der Waals surface area contributed by atoms with Crippen molar-refractivity contribution < 1.29 is 22.5 Å². The van der Waals surface area contributed by atoms with Gasteiger partial charge in [0.15, 0.2) is 5.82 Å². The van der Waals surface area contributed by atoms with Gasteiger partial charge in [0.1, 0.15) is 0 Å². The molecule has 1 aromatic carbocycles. The third-order valence-electron chi connectivity index (χ3n) is 4.33. The molecule has 8 heteroatoms. The fourth-order valence-corrected chi connectivity index (χ4v) is 2.82. The van der Waals surface area contributed by atoms with E-state index < -0.39 is 11.7 Å². The summed E-state index contributed by atoms with van der Waals surface area (Å²) in [5, 5.41) is 3.98. The number of aromatic nitrogens is 2. The van der Waals surface area contributed by atoms with E-state index in [1.54, 1.807) is 4.90 Å². The third kappa shape index (κ3) is 3.89. The van der Waals surface area contributed by atoms with Crippen molar-refractivity contribution in [2.24, 2.45) is 0 Å². The molecule has 1 fully saturated rings. The van der Waals surface area contributed by atoms with Gasteiger partial charge in [-0.1, -0.05) is 38.1 Å². The quantitative estimate of drug-likeness (QED) is 0.826. The van der Waals surface area contributed by atoms with Gasteiger partial charge in [-0.15, -0.1) is 0 Å². The minimum Gasteiger partial charge on any atom is -0.339 e. The molecule has 0 radical (unpaired) electrons. The van der Waals surface area contributed by atoms with Gasteiger partial charge < -0.3 is 9.42 Å². The van der Waals surface area contributed by atoms with E-state index in [1.807, 2.05) is 20.8 Å². The highest BCUT2D eigenvalue weighted by Crippen LogP contribution is 2.31. The van der Waals surface area contributed by atoms with Gasteiger partial charge in [-0.2, -0.15) is 18.2 Å². The molecule has 0 aliphatic carbocycles. The molecular formula is C18H20F3N3O2. The molecule has 0 bridgehead atoms. The minimum atomic E-state index is -4.37. The third-order valence-corrected chi connectivity index (χ3v) is 4.33. The molecule has 0 saturated carbocycles. The molecule has 1 unspecified atom stereocenters. The Morgan fingerprint density at radius 3 is 2.38 bits per heavy atom. The van der Waals surface area contributed by atoms with E-state index in [9.17, 15) is 18.0 Å². The number of hydrogen-bond acceptors (Lipinski definition) is 4. The van der Waals surface area contributed by atoms with E-state index in [0.717, 1.165) is 12.1 Å². The van der Waals surface area contributed by atoms with Crippen LogP contribution in [-0.4, -0.2) is 27.5 Å². The number of rotatable bonds is 3. The number of halogens is 3. The van der Waals surface area contributed by atoms with E-state index in [2.05, 4.69) is 10.1 Å². The number of benzene rings is 1. The van der Waals surface area contributed by atoms with Crippen molar-refractivity contribution in [3.05, 3.63) is 47.1 Å². The summed E-state index contributed by atoms with van der Waals surface area (Å²) in [5.74, 6) is 0.741. The summed E-state index contributed by atoms with van der Waals surface area (Å²) in [6.07, 6.45) is -4.11. The van der Waals surface area contributed by atoms with Gasteiger partial charge in [-0.05, 0) is 17.7 Å². The van der Waals surface area contributed by atoms with Crippen LogP contribution in [0.25, 0.3) is 0 Å². The Kier molecular flexibility index (Phi) is 4.54. The van der Waals surface area contributed by atoms with Crippen LogP contribution in [0.2, 0.25) is 0 Å². The fraction of sp³-hybridized carbons (Fsp3) is 0.500. The van der Waals surface area contributed by atoms with E-state index in [0.29, 0.717) is 23.8 Å². The highest BCUT2D eigenvalue weighted by molar-refractivity contribution is 5.79. The van der Waals surface area contributed by atoms with Gasteiger partial charge in [0.2, 0.25) is 11.8 Å². The summed E-state index contributed by atoms with van der Waals surface area (Å²) in [7, 11) is 0. The first-order chi connectivity index (χ1) is 12.0. The lowest BCUT2D eigenvalue weighted by Gasteiger charge is -2.16. The summed E-state index contributed by atoms with van der Waals surface area (Å²) in [5.41, 5.74) is -0.301. The second-order valence-corrected chi connectivity index (χ2v) is 7.58. The lowest BCUT2D eigenvalue weighted by Crippen LogP contribution is -2.24. The number of nitrogens with zero attached hydrogens (tertiary/aromatic N) is 3. The molecule has 2 heterocycles. The van der Waals surface area contributed by atoms with Crippen molar-refractivity contribution >= 4 is 5.91 Å². The van der Waals surface area contributed by atoms with Crippen LogP contribution in [0.3, 0.4) is 0 Å². The average molecular weight is 367 g/mol. The van der Waals surface area contributed by atoms with Crippen molar-refractivity contribution in [1.82, 2.24) is 15.0 Å². The van der Waals surface area contributed by atoms with Gasteiger partial charge in [-0.3, -0.25) is 4.79 Å². The molecule has 1 aliphatic rings. The molecule has 140 valence electrons. The topological polar surface area (TPSA) is 59.2 Å². The average Bonchev–Trinajstić information content (AvgIpc) is 3.14. The lowest BCUT2D eigenvalue weighted by atomic mass is 9.96. The highest BCUT2D eigenvalue weighted by atomic mass is 19.4. The van der Waals surface area contributed by atoms with Gasteiger partial charge in [0, 0.05) is 24.9 Å². The molecule has 1 aromatic heterocycles. The first-order valence-electron chi connectivity index (χ1n) is 8.32. The summed E-state index contributed by atoms with van der Waals surface area (Å²) in [4.78, 5) is 18.3. The first kappa shape index (κ1) is 18.4. The standard InChI is InChI=1S/C18H20F3N3O2/c1-17(2,3)16-22-15(26-23-16)12-8-14(25)24(10-12)9-11-4-6-13(7-5-11)18(19,20)21/h4-7,12H,8-10H2,1-3H3. The molecule has 3 rings (SSSR count). The number of carbonyl (C=O) groups is 1. The van der Waals surface area contributed by atoms with Gasteiger partial charge in [0.05, 0.1) is 11.5 Å². The molecule has 1 amide bonds. The Hall–Kier alpha value is -2.38. The van der Waals surface area contributed by atoms with Crippen molar-refractivity contribution in [3.63, 3.8) is 0 Å². The Balaban J connectivity index is 1.67. The minimum absolute atomic E-state index is 0.0783. The number of likely N-dealkylation sites (tertiary alicyclic amines) is 1. The first-order valence-corrected chi connectivity index (χ1v) is 8.32. The SMILES string of the molecule is CC(C)(C)c1noc(C2CC(=O)N(Cc3ccc(C(F)(F)F)cc3)C2)n1. The molecule has 1 saturated heterocycles. The molecule has 1 atom stereocenters. The Bertz CT molecular complexity index is 791. The van der Waals surface area contributed by atoms with E-state index in [4.69, 9.17) is 4.52 Å². The normalized spacial score (nSPS) is 18.6. The summed E-state index contributed by atoms with van der Waals surface area (Å²) < 4.78 is 43.2. The number of alkyl halides is 3. The van der Waals surface area contributed by atoms with Gasteiger partial charge >= 0.3 is 6.18 Å². The zero-order valence-corrected chi connectivity index (χ0v) is 14.8. The second kappa shape index (κ2) is 6.41. The maximum atomic E-state index is 12.6. The van der Waals surface area contributed by atoms with E-state index >= 15 is 0 Å². The van der Waals surface area contributed by atoms with Crippen LogP contribution in [0.1, 0.15) is 56.0 Å². The molecule has 2 aromatic rings. The maximum Gasteiger partial charge on any atom is 0.416 e. The Morgan fingerprint density at radius 2 is 1.85 bits per heavy atom. The number of amides is 1. The molecular weight excluding hydrogens is 347 g/mol. The van der Waals surface area contributed by atoms with Gasteiger partial charge in [-0.25, -0.2) is 0 Å². The van der Waals surface area contributed by atoms with Gasteiger partial charge in [0.25, 0.3) is 0 Å². The molecule has 1 aliphatic heterocycles. The van der Waals surface area contributed by atoms with E-state index in [-0.39, 0.29) is 30.2 Å². The van der Waals surface area contributed by atoms with Crippen LogP contribution in [0.4, 0.5) is 13.2 Å². The summed E-state index contributed by atoms with van der Waals surface area (Å²) >= 11 is 0. The predicted molar refractivity (Wildman–Crippen MR) is 87.2 cm³/mol. The predicted octanol–water partition coefficient (Wildman–Crippen LogP) is 3.90. The van der Waals surface area contributed by atoms with Crippen molar-refractivity contribution in [3.8, 4) is 0 Å². The molecule has 5 nitrogen and oxygen atoms in total. The van der Waals surface area contributed by atoms with Crippen molar-refractivity contribution in [2.45, 2.75) is 51.2 Å². The van der Waals surface area contributed by atoms with Crippen LogP contribution in [-0.2, 0) is 22.9 Å². The van der Waals surface area contributed by atoms with Crippen LogP contribution in [0, 0.1) is 0 Å². The second-order valence-electron chi connectivity index (χ2n) is 7.58. The zero-order chi connectivity index (χ0) is 19.1. The maximum absolute atomic E-state index is 12.6. The van der Waals surface area contributed by atoms with E-state index in [1.165, 1.54) is 12.1 Å². The van der Waals surface area contributed by atoms with Crippen molar-refractivity contribution in [2.75, 3.05) is 6.54 Å². The smallest absolute Gasteiger partial charge is 0.339 e. The highest BCUT2D eigenvalue weighted by Gasteiger charge is 2.35. The largest absolute Gasteiger partial charge is 0.416 e.